The Morgan fingerprint density at radius 1 is 1.19 bits per heavy atom. The Kier molecular flexibility index (Phi) is 7.42. The Morgan fingerprint density at radius 3 is 2.46 bits per heavy atom. The van der Waals surface area contributed by atoms with Crippen LogP contribution in [0.25, 0.3) is 0 Å². The molecule has 0 radical (unpaired) electrons. The molecular weight excluding hydrogens is 362 g/mol. The number of carbonyl (C=O) groups is 2. The number of hydrogen-bond donors (Lipinski definition) is 4. The van der Waals surface area contributed by atoms with Gasteiger partial charge in [0.15, 0.2) is 0 Å². The molecule has 1 aliphatic rings. The Hall–Kier alpha value is -1.65. The summed E-state index contributed by atoms with van der Waals surface area (Å²) in [4.78, 5) is 23.6. The molecule has 9 heteroatoms. The molecule has 8 nitrogen and oxygen atoms in total. The fourth-order valence-corrected chi connectivity index (χ4v) is 3.52. The molecule has 0 unspecified atom stereocenters. The van der Waals surface area contributed by atoms with Crippen molar-refractivity contribution in [2.24, 2.45) is 0 Å². The highest BCUT2D eigenvalue weighted by Gasteiger charge is 2.44. The summed E-state index contributed by atoms with van der Waals surface area (Å²) in [6.45, 7) is 2.43. The van der Waals surface area contributed by atoms with Gasteiger partial charge in [-0.25, -0.2) is 4.79 Å². The number of amides is 1. The lowest BCUT2D eigenvalue weighted by Crippen LogP contribution is -2.58. The third-order valence-electron chi connectivity index (χ3n) is 3.83. The van der Waals surface area contributed by atoms with Crippen molar-refractivity contribution in [2.75, 3.05) is 6.61 Å². The van der Waals surface area contributed by atoms with Gasteiger partial charge in [0, 0.05) is 11.8 Å². The van der Waals surface area contributed by atoms with Crippen LogP contribution in [0.5, 0.6) is 0 Å². The summed E-state index contributed by atoms with van der Waals surface area (Å²) >= 11 is 1.19. The van der Waals surface area contributed by atoms with E-state index in [9.17, 15) is 24.9 Å². The van der Waals surface area contributed by atoms with Gasteiger partial charge in [-0.2, -0.15) is 0 Å². The molecule has 1 amide bonds. The molecule has 0 aliphatic carbocycles. The molecule has 0 spiro atoms. The molecule has 1 fully saturated rings. The van der Waals surface area contributed by atoms with Crippen LogP contribution in [-0.4, -0.2) is 69.7 Å². The second-order valence-corrected chi connectivity index (χ2v) is 7.17. The number of esters is 1. The Bertz CT molecular complexity index is 614. The zero-order valence-corrected chi connectivity index (χ0v) is 15.3. The summed E-state index contributed by atoms with van der Waals surface area (Å²) in [6, 6.07) is 8.29. The van der Waals surface area contributed by atoms with E-state index in [1.165, 1.54) is 25.6 Å². The number of benzene rings is 1. The van der Waals surface area contributed by atoms with Gasteiger partial charge in [0.05, 0.1) is 0 Å². The number of carbonyl (C=O) groups excluding carboxylic acids is 2. The van der Waals surface area contributed by atoms with E-state index in [4.69, 9.17) is 9.47 Å². The summed E-state index contributed by atoms with van der Waals surface area (Å²) in [7, 11) is 0. The van der Waals surface area contributed by atoms with Crippen LogP contribution in [-0.2, 0) is 19.1 Å². The molecule has 0 saturated carbocycles. The monoisotopic (exact) mass is 385 g/mol. The van der Waals surface area contributed by atoms with E-state index >= 15 is 0 Å². The molecule has 1 aromatic rings. The quantitative estimate of drug-likeness (QED) is 0.490. The first-order chi connectivity index (χ1) is 12.3. The van der Waals surface area contributed by atoms with E-state index < -0.39 is 41.9 Å². The predicted octanol–water partition coefficient (Wildman–Crippen LogP) is -0.346. The highest BCUT2D eigenvalue weighted by molar-refractivity contribution is 7.99. The van der Waals surface area contributed by atoms with Crippen molar-refractivity contribution in [3.63, 3.8) is 0 Å². The maximum Gasteiger partial charge on any atom is 0.328 e. The van der Waals surface area contributed by atoms with Crippen molar-refractivity contribution in [2.45, 2.75) is 54.6 Å². The number of nitrogens with one attached hydrogen (secondary N) is 1. The number of aliphatic hydroxyl groups excluding tert-OH is 3. The number of rotatable bonds is 6. The predicted molar refractivity (Wildman–Crippen MR) is 93.2 cm³/mol. The van der Waals surface area contributed by atoms with Crippen molar-refractivity contribution in [1.82, 2.24) is 5.32 Å². The van der Waals surface area contributed by atoms with Crippen molar-refractivity contribution in [3.8, 4) is 0 Å². The van der Waals surface area contributed by atoms with Gasteiger partial charge in [-0.1, -0.05) is 30.0 Å². The van der Waals surface area contributed by atoms with Gasteiger partial charge < -0.3 is 30.1 Å². The largest absolute Gasteiger partial charge is 0.461 e. The van der Waals surface area contributed by atoms with E-state index in [-0.39, 0.29) is 12.5 Å². The molecule has 1 aliphatic heterocycles. The molecular formula is C17H23NO7S. The van der Waals surface area contributed by atoms with Crippen LogP contribution in [0.2, 0.25) is 0 Å². The second-order valence-electron chi connectivity index (χ2n) is 6.00. The normalized spacial score (nSPS) is 29.7. The zero-order chi connectivity index (χ0) is 19.3. The molecule has 1 aromatic carbocycles. The average Bonchev–Trinajstić information content (AvgIpc) is 2.61. The Balaban J connectivity index is 1.96. The lowest BCUT2D eigenvalue weighted by Gasteiger charge is -2.40. The van der Waals surface area contributed by atoms with Gasteiger partial charge in [-0.15, -0.1) is 0 Å². The highest BCUT2D eigenvalue weighted by Crippen LogP contribution is 2.33. The lowest BCUT2D eigenvalue weighted by molar-refractivity contribution is -0.210. The minimum Gasteiger partial charge on any atom is -0.461 e. The number of thioether (sulfide) groups is 1. The van der Waals surface area contributed by atoms with Crippen molar-refractivity contribution in [1.29, 1.82) is 0 Å². The van der Waals surface area contributed by atoms with Gasteiger partial charge in [0.25, 0.3) is 0 Å². The zero-order valence-electron chi connectivity index (χ0n) is 14.4. The molecule has 2 rings (SSSR count). The molecule has 4 N–H and O–H groups in total. The van der Waals surface area contributed by atoms with Gasteiger partial charge in [-0.05, 0) is 19.1 Å². The summed E-state index contributed by atoms with van der Waals surface area (Å²) in [5.41, 5.74) is -0.840. The summed E-state index contributed by atoms with van der Waals surface area (Å²) in [5, 5.41) is 32.7. The van der Waals surface area contributed by atoms with Crippen LogP contribution >= 0.6 is 11.8 Å². The third-order valence-corrected chi connectivity index (χ3v) is 4.99. The van der Waals surface area contributed by atoms with Crippen LogP contribution in [0.4, 0.5) is 0 Å². The fraction of sp³-hybridized carbons (Fsp3) is 0.529. The van der Waals surface area contributed by atoms with Crippen LogP contribution in [0.3, 0.4) is 0 Å². The van der Waals surface area contributed by atoms with E-state index in [0.717, 1.165) is 4.90 Å². The van der Waals surface area contributed by atoms with Crippen molar-refractivity contribution < 1.29 is 34.4 Å². The first-order valence-electron chi connectivity index (χ1n) is 8.14. The Morgan fingerprint density at radius 2 is 1.85 bits per heavy atom. The summed E-state index contributed by atoms with van der Waals surface area (Å²) in [6.07, 6.45) is -5.17. The van der Waals surface area contributed by atoms with E-state index in [0.29, 0.717) is 0 Å². The minimum absolute atomic E-state index is 0.320. The van der Waals surface area contributed by atoms with Gasteiger partial charge >= 0.3 is 5.97 Å². The first kappa shape index (κ1) is 20.7. The third kappa shape index (κ3) is 5.42. The van der Waals surface area contributed by atoms with Crippen LogP contribution in [0.15, 0.2) is 35.2 Å². The van der Waals surface area contributed by atoms with Gasteiger partial charge in [-0.3, -0.25) is 4.79 Å². The minimum atomic E-state index is -1.44. The topological polar surface area (TPSA) is 125 Å². The SMILES string of the molecule is CC(=O)N[C@@H](C)C(=O)OC[C@H]1O[C@@H](Sc2ccccc2)[C@H](O)[C@@H](O)[C@@H]1O. The second kappa shape index (κ2) is 9.33. The van der Waals surface area contributed by atoms with Gasteiger partial charge in [0.2, 0.25) is 5.91 Å². The van der Waals surface area contributed by atoms with E-state index in [2.05, 4.69) is 5.32 Å². The molecule has 1 saturated heterocycles. The average molecular weight is 385 g/mol. The van der Waals surface area contributed by atoms with E-state index in [1.807, 2.05) is 30.3 Å². The smallest absolute Gasteiger partial charge is 0.328 e. The van der Waals surface area contributed by atoms with Crippen molar-refractivity contribution >= 4 is 23.6 Å². The Labute approximate surface area is 155 Å². The number of hydrogen-bond acceptors (Lipinski definition) is 8. The van der Waals surface area contributed by atoms with Crippen LogP contribution in [0.1, 0.15) is 13.8 Å². The standard InChI is InChI=1S/C17H23NO7S/c1-9(18-10(2)19)16(23)24-8-12-13(20)14(21)15(22)17(25-12)26-11-6-4-3-5-7-11/h3-7,9,12-15,17,20-22H,8H2,1-2H3,(H,18,19)/t9-,12+,13+,14-,15+,17-/m0/s1. The first-order valence-corrected chi connectivity index (χ1v) is 9.02. The van der Waals surface area contributed by atoms with Crippen LogP contribution < -0.4 is 5.32 Å². The number of aliphatic hydroxyl groups is 3. The summed E-state index contributed by atoms with van der Waals surface area (Å²) < 4.78 is 10.7. The van der Waals surface area contributed by atoms with Crippen molar-refractivity contribution in [3.05, 3.63) is 30.3 Å². The molecule has 6 atom stereocenters. The van der Waals surface area contributed by atoms with E-state index in [1.54, 1.807) is 0 Å². The maximum atomic E-state index is 11.9. The van der Waals surface area contributed by atoms with Gasteiger partial charge in [0.1, 0.15) is 42.5 Å². The molecule has 1 heterocycles. The molecule has 0 bridgehead atoms. The molecule has 26 heavy (non-hydrogen) atoms. The summed E-state index contributed by atoms with van der Waals surface area (Å²) in [5.74, 6) is -1.06. The number of ether oxygens (including phenoxy) is 2. The molecule has 0 aromatic heterocycles. The molecule has 144 valence electrons. The van der Waals surface area contributed by atoms with Crippen LogP contribution in [0, 0.1) is 0 Å². The highest BCUT2D eigenvalue weighted by atomic mass is 32.2. The fourth-order valence-electron chi connectivity index (χ4n) is 2.44. The maximum absolute atomic E-state index is 11.9. The lowest BCUT2D eigenvalue weighted by atomic mass is 10.0.